The molecule has 114 valence electrons. The van der Waals surface area contributed by atoms with Crippen LogP contribution in [0.15, 0.2) is 37.6 Å². The van der Waals surface area contributed by atoms with Crippen LogP contribution in [0.25, 0.3) is 22.6 Å². The van der Waals surface area contributed by atoms with Crippen LogP contribution in [0.2, 0.25) is 0 Å². The number of hydrogen-bond acceptors (Lipinski definition) is 5. The smallest absolute Gasteiger partial charge is 0.227 e. The fraction of sp³-hybridized carbons (Fsp3) is 0.133. The van der Waals surface area contributed by atoms with Gasteiger partial charge in [-0.1, -0.05) is 0 Å². The normalized spacial score (nSPS) is 10.9. The molecule has 7 heteroatoms. The fourth-order valence-corrected chi connectivity index (χ4v) is 3.27. The first-order valence-corrected chi connectivity index (χ1v) is 7.90. The summed E-state index contributed by atoms with van der Waals surface area (Å²) in [4.78, 5) is 4.50. The average Bonchev–Trinajstić information content (AvgIpc) is 2.96. The number of rotatable bonds is 3. The lowest BCUT2D eigenvalue weighted by Gasteiger charge is -2.07. The number of fused-ring (bicyclic) bond motifs is 1. The molecule has 2 N–H and O–H groups in total. The number of hydrogen-bond donors (Lipinski definition) is 1. The number of methoxy groups -OCH3 is 2. The number of benzene rings is 2. The third-order valence-corrected chi connectivity index (χ3v) is 4.70. The summed E-state index contributed by atoms with van der Waals surface area (Å²) in [5.41, 5.74) is 8.65. The van der Waals surface area contributed by atoms with Gasteiger partial charge in [0, 0.05) is 10.0 Å². The Morgan fingerprint density at radius 1 is 1.09 bits per heavy atom. The maximum absolute atomic E-state index is 5.97. The van der Waals surface area contributed by atoms with Crippen molar-refractivity contribution in [1.82, 2.24) is 4.98 Å². The van der Waals surface area contributed by atoms with E-state index in [9.17, 15) is 0 Å². The van der Waals surface area contributed by atoms with Crippen LogP contribution >= 0.6 is 31.9 Å². The number of halogens is 2. The van der Waals surface area contributed by atoms with Gasteiger partial charge in [0.1, 0.15) is 5.52 Å². The number of nitrogens with two attached hydrogens (primary N) is 1. The van der Waals surface area contributed by atoms with E-state index in [4.69, 9.17) is 19.6 Å². The largest absolute Gasteiger partial charge is 0.493 e. The van der Waals surface area contributed by atoms with Gasteiger partial charge in [0.2, 0.25) is 5.89 Å². The molecule has 0 aliphatic rings. The van der Waals surface area contributed by atoms with E-state index in [0.717, 1.165) is 10.0 Å². The minimum absolute atomic E-state index is 0.481. The minimum atomic E-state index is 0.481. The molecule has 22 heavy (non-hydrogen) atoms. The molecule has 0 unspecified atom stereocenters. The van der Waals surface area contributed by atoms with Gasteiger partial charge in [-0.3, -0.25) is 0 Å². The zero-order valence-electron chi connectivity index (χ0n) is 11.8. The lowest BCUT2D eigenvalue weighted by molar-refractivity contribution is 0.355. The van der Waals surface area contributed by atoms with Gasteiger partial charge < -0.3 is 19.6 Å². The Hall–Kier alpha value is -1.73. The number of nitrogens with zero attached hydrogens (tertiary/aromatic N) is 1. The van der Waals surface area contributed by atoms with Crippen molar-refractivity contribution in [2.75, 3.05) is 20.0 Å². The third-order valence-electron chi connectivity index (χ3n) is 3.24. The highest BCUT2D eigenvalue weighted by atomic mass is 79.9. The second kappa shape index (κ2) is 5.81. The first-order chi connectivity index (χ1) is 10.5. The van der Waals surface area contributed by atoms with Crippen molar-refractivity contribution in [3.05, 3.63) is 33.2 Å². The molecule has 0 atom stereocenters. The lowest BCUT2D eigenvalue weighted by Crippen LogP contribution is -1.91. The molecule has 0 aliphatic heterocycles. The van der Waals surface area contributed by atoms with Crippen molar-refractivity contribution in [2.45, 2.75) is 0 Å². The SMILES string of the molecule is COc1ccc(-c2nc3c(Br)c(N)c(Br)cc3o2)cc1OC. The Bertz CT molecular complexity index is 862. The number of aromatic nitrogens is 1. The summed E-state index contributed by atoms with van der Waals surface area (Å²) in [5.74, 6) is 1.74. The van der Waals surface area contributed by atoms with Crippen LogP contribution in [0, 0.1) is 0 Å². The number of ether oxygens (including phenoxy) is 2. The van der Waals surface area contributed by atoms with E-state index in [1.807, 2.05) is 18.2 Å². The fourth-order valence-electron chi connectivity index (χ4n) is 2.10. The molecule has 0 spiro atoms. The standard InChI is InChI=1S/C15H12Br2N2O3/c1-20-9-4-3-7(5-10(9)21-2)15-19-14-11(22-15)6-8(16)13(18)12(14)17/h3-6H,18H2,1-2H3. The summed E-state index contributed by atoms with van der Waals surface area (Å²) in [6, 6.07) is 7.28. The van der Waals surface area contributed by atoms with Crippen LogP contribution in [0.3, 0.4) is 0 Å². The van der Waals surface area contributed by atoms with Crippen molar-refractivity contribution in [3.63, 3.8) is 0 Å². The van der Waals surface area contributed by atoms with Gasteiger partial charge in [-0.15, -0.1) is 0 Å². The molecule has 0 bridgehead atoms. The number of oxazole rings is 1. The monoisotopic (exact) mass is 426 g/mol. The molecular weight excluding hydrogens is 416 g/mol. The van der Waals surface area contributed by atoms with Crippen LogP contribution < -0.4 is 15.2 Å². The van der Waals surface area contributed by atoms with Crippen molar-refractivity contribution in [1.29, 1.82) is 0 Å². The minimum Gasteiger partial charge on any atom is -0.493 e. The van der Waals surface area contributed by atoms with Gasteiger partial charge in [-0.25, -0.2) is 4.98 Å². The molecule has 5 nitrogen and oxygen atoms in total. The van der Waals surface area contributed by atoms with E-state index in [-0.39, 0.29) is 0 Å². The van der Waals surface area contributed by atoms with Crippen molar-refractivity contribution in [2.24, 2.45) is 0 Å². The Morgan fingerprint density at radius 2 is 1.82 bits per heavy atom. The summed E-state index contributed by atoms with van der Waals surface area (Å²) in [6.07, 6.45) is 0. The van der Waals surface area contributed by atoms with E-state index in [0.29, 0.717) is 38.6 Å². The van der Waals surface area contributed by atoms with Crippen molar-refractivity contribution in [3.8, 4) is 23.0 Å². The van der Waals surface area contributed by atoms with E-state index in [1.165, 1.54) is 0 Å². The van der Waals surface area contributed by atoms with Gasteiger partial charge in [-0.05, 0) is 56.1 Å². The van der Waals surface area contributed by atoms with E-state index in [1.54, 1.807) is 20.3 Å². The molecule has 2 aromatic carbocycles. The maximum atomic E-state index is 5.97. The highest BCUT2D eigenvalue weighted by Crippen LogP contribution is 2.38. The molecule has 0 amide bonds. The molecule has 0 fully saturated rings. The van der Waals surface area contributed by atoms with Gasteiger partial charge in [0.15, 0.2) is 17.1 Å². The molecule has 1 aromatic heterocycles. The van der Waals surface area contributed by atoms with Gasteiger partial charge >= 0.3 is 0 Å². The van der Waals surface area contributed by atoms with Crippen LogP contribution in [0.4, 0.5) is 5.69 Å². The first kappa shape index (κ1) is 15.2. The van der Waals surface area contributed by atoms with Crippen molar-refractivity contribution >= 4 is 48.6 Å². The zero-order valence-corrected chi connectivity index (χ0v) is 15.0. The van der Waals surface area contributed by atoms with Crippen LogP contribution in [-0.4, -0.2) is 19.2 Å². The quantitative estimate of drug-likeness (QED) is 0.617. The highest BCUT2D eigenvalue weighted by Gasteiger charge is 2.16. The summed E-state index contributed by atoms with van der Waals surface area (Å²) < 4.78 is 17.8. The third kappa shape index (κ3) is 2.44. The Balaban J connectivity index is 2.17. The summed E-state index contributed by atoms with van der Waals surface area (Å²) >= 11 is 6.84. The maximum Gasteiger partial charge on any atom is 0.227 e. The number of anilines is 1. The van der Waals surface area contributed by atoms with Gasteiger partial charge in [0.05, 0.1) is 24.4 Å². The highest BCUT2D eigenvalue weighted by molar-refractivity contribution is 9.11. The van der Waals surface area contributed by atoms with Crippen LogP contribution in [-0.2, 0) is 0 Å². The van der Waals surface area contributed by atoms with E-state index < -0.39 is 0 Å². The number of nitrogen functional groups attached to an aromatic ring is 1. The van der Waals surface area contributed by atoms with Crippen molar-refractivity contribution < 1.29 is 13.9 Å². The van der Waals surface area contributed by atoms with Crippen LogP contribution in [0.1, 0.15) is 0 Å². The molecule has 3 rings (SSSR count). The Morgan fingerprint density at radius 3 is 2.50 bits per heavy atom. The predicted molar refractivity (Wildman–Crippen MR) is 92.4 cm³/mol. The molecule has 0 radical (unpaired) electrons. The summed E-state index contributed by atoms with van der Waals surface area (Å²) in [7, 11) is 3.18. The lowest BCUT2D eigenvalue weighted by atomic mass is 10.2. The second-order valence-corrected chi connectivity index (χ2v) is 6.17. The second-order valence-electron chi connectivity index (χ2n) is 4.52. The Kier molecular flexibility index (Phi) is 4.01. The molecule has 0 saturated heterocycles. The predicted octanol–water partition coefficient (Wildman–Crippen LogP) is 4.62. The van der Waals surface area contributed by atoms with Gasteiger partial charge in [-0.2, -0.15) is 0 Å². The van der Waals surface area contributed by atoms with Gasteiger partial charge in [0.25, 0.3) is 0 Å². The molecule has 3 aromatic rings. The zero-order chi connectivity index (χ0) is 15.9. The first-order valence-electron chi connectivity index (χ1n) is 6.31. The van der Waals surface area contributed by atoms with E-state index in [2.05, 4.69) is 36.8 Å². The molecule has 1 heterocycles. The molecular formula is C15H12Br2N2O3. The molecule has 0 aliphatic carbocycles. The van der Waals surface area contributed by atoms with Crippen LogP contribution in [0.5, 0.6) is 11.5 Å². The topological polar surface area (TPSA) is 70.5 Å². The molecule has 0 saturated carbocycles. The summed E-state index contributed by atoms with van der Waals surface area (Å²) in [5, 5.41) is 0. The Labute approximate surface area is 143 Å². The van der Waals surface area contributed by atoms with E-state index >= 15 is 0 Å². The summed E-state index contributed by atoms with van der Waals surface area (Å²) in [6.45, 7) is 0. The average molecular weight is 428 g/mol.